The van der Waals surface area contributed by atoms with E-state index >= 15 is 0 Å². The summed E-state index contributed by atoms with van der Waals surface area (Å²) in [4.78, 5) is 16.6. The smallest absolute Gasteiger partial charge is 0.274 e. The molecular formula is C15H22N4O3S. The van der Waals surface area contributed by atoms with Gasteiger partial charge in [-0.2, -0.15) is 5.10 Å². The van der Waals surface area contributed by atoms with Gasteiger partial charge in [0.05, 0.1) is 11.5 Å². The predicted molar refractivity (Wildman–Crippen MR) is 85.1 cm³/mol. The molecule has 2 aliphatic heterocycles. The number of amides is 1. The summed E-state index contributed by atoms with van der Waals surface area (Å²) < 4.78 is 23.2. The molecule has 1 amide bonds. The SMILES string of the molecule is O=C(c1cc(C2CC2)[nH]n1)N1CCN([C@H]2CCS(=O)(=O)C2)CC1. The normalized spacial score (nSPS) is 28.2. The Hall–Kier alpha value is -1.41. The van der Waals surface area contributed by atoms with Crippen molar-refractivity contribution in [3.63, 3.8) is 0 Å². The molecule has 2 saturated heterocycles. The van der Waals surface area contributed by atoms with Gasteiger partial charge in [-0.3, -0.25) is 14.8 Å². The highest BCUT2D eigenvalue weighted by Gasteiger charge is 2.35. The molecule has 1 aromatic heterocycles. The van der Waals surface area contributed by atoms with Crippen molar-refractivity contribution in [1.29, 1.82) is 0 Å². The van der Waals surface area contributed by atoms with Gasteiger partial charge in [0.1, 0.15) is 5.69 Å². The number of piperazine rings is 1. The zero-order valence-corrected chi connectivity index (χ0v) is 13.9. The van der Waals surface area contributed by atoms with Crippen LogP contribution >= 0.6 is 0 Å². The average molecular weight is 338 g/mol. The molecule has 1 saturated carbocycles. The van der Waals surface area contributed by atoms with Crippen molar-refractivity contribution in [1.82, 2.24) is 20.0 Å². The lowest BCUT2D eigenvalue weighted by Gasteiger charge is -2.37. The fraction of sp³-hybridized carbons (Fsp3) is 0.733. The molecule has 3 heterocycles. The van der Waals surface area contributed by atoms with E-state index in [2.05, 4.69) is 15.1 Å². The Morgan fingerprint density at radius 2 is 1.91 bits per heavy atom. The van der Waals surface area contributed by atoms with E-state index in [0.29, 0.717) is 30.5 Å². The van der Waals surface area contributed by atoms with Gasteiger partial charge in [-0.1, -0.05) is 0 Å². The average Bonchev–Trinajstić information content (AvgIpc) is 3.16. The Balaban J connectivity index is 1.34. The van der Waals surface area contributed by atoms with Crippen molar-refractivity contribution in [2.45, 2.75) is 31.2 Å². The van der Waals surface area contributed by atoms with E-state index in [4.69, 9.17) is 0 Å². The van der Waals surface area contributed by atoms with Gasteiger partial charge in [0, 0.05) is 43.8 Å². The lowest BCUT2D eigenvalue weighted by atomic mass is 10.2. The number of aromatic nitrogens is 2. The minimum atomic E-state index is -2.85. The first-order valence-corrected chi connectivity index (χ1v) is 10.1. The lowest BCUT2D eigenvalue weighted by molar-refractivity contribution is 0.0582. The van der Waals surface area contributed by atoms with E-state index in [-0.39, 0.29) is 17.7 Å². The van der Waals surface area contributed by atoms with E-state index < -0.39 is 9.84 Å². The third-order valence-corrected chi connectivity index (χ3v) is 6.91. The van der Waals surface area contributed by atoms with Crippen molar-refractivity contribution >= 4 is 15.7 Å². The van der Waals surface area contributed by atoms with Gasteiger partial charge < -0.3 is 4.90 Å². The summed E-state index contributed by atoms with van der Waals surface area (Å²) in [6.07, 6.45) is 3.08. The maximum atomic E-state index is 12.5. The molecule has 1 aromatic rings. The first-order valence-electron chi connectivity index (χ1n) is 8.31. The zero-order chi connectivity index (χ0) is 16.0. The number of hydrogen-bond donors (Lipinski definition) is 1. The van der Waals surface area contributed by atoms with Crippen molar-refractivity contribution in [3.8, 4) is 0 Å². The second-order valence-electron chi connectivity index (χ2n) is 6.87. The van der Waals surface area contributed by atoms with Crippen LogP contribution in [-0.2, 0) is 9.84 Å². The quantitative estimate of drug-likeness (QED) is 0.853. The number of H-pyrrole nitrogens is 1. The molecule has 0 unspecified atom stereocenters. The molecule has 4 rings (SSSR count). The Morgan fingerprint density at radius 3 is 2.52 bits per heavy atom. The summed E-state index contributed by atoms with van der Waals surface area (Å²) in [6, 6.07) is 2.01. The molecule has 8 heteroatoms. The summed E-state index contributed by atoms with van der Waals surface area (Å²) in [6.45, 7) is 2.76. The van der Waals surface area contributed by atoms with Gasteiger partial charge in [0.25, 0.3) is 5.91 Å². The van der Waals surface area contributed by atoms with Crippen LogP contribution in [0.3, 0.4) is 0 Å². The van der Waals surface area contributed by atoms with Crippen LogP contribution in [0, 0.1) is 0 Å². The van der Waals surface area contributed by atoms with Crippen LogP contribution in [0.2, 0.25) is 0 Å². The van der Waals surface area contributed by atoms with Gasteiger partial charge in [-0.15, -0.1) is 0 Å². The van der Waals surface area contributed by atoms with Crippen LogP contribution in [0.1, 0.15) is 41.4 Å². The molecule has 3 aliphatic rings. The van der Waals surface area contributed by atoms with Crippen LogP contribution in [0.5, 0.6) is 0 Å². The lowest BCUT2D eigenvalue weighted by Crippen LogP contribution is -2.52. The van der Waals surface area contributed by atoms with E-state index in [1.165, 1.54) is 12.8 Å². The Morgan fingerprint density at radius 1 is 1.17 bits per heavy atom. The summed E-state index contributed by atoms with van der Waals surface area (Å²) >= 11 is 0. The zero-order valence-electron chi connectivity index (χ0n) is 13.1. The largest absolute Gasteiger partial charge is 0.335 e. The minimum Gasteiger partial charge on any atom is -0.335 e. The molecule has 0 bridgehead atoms. The van der Waals surface area contributed by atoms with Crippen LogP contribution in [0.4, 0.5) is 0 Å². The number of hydrogen-bond acceptors (Lipinski definition) is 5. The number of sulfone groups is 1. The molecule has 3 fully saturated rings. The summed E-state index contributed by atoms with van der Waals surface area (Å²) in [5, 5.41) is 7.13. The monoisotopic (exact) mass is 338 g/mol. The maximum absolute atomic E-state index is 12.5. The van der Waals surface area contributed by atoms with Crippen molar-refractivity contribution in [2.75, 3.05) is 37.7 Å². The van der Waals surface area contributed by atoms with Gasteiger partial charge in [0.15, 0.2) is 9.84 Å². The van der Waals surface area contributed by atoms with Crippen LogP contribution in [-0.4, -0.2) is 78.0 Å². The molecule has 0 spiro atoms. The predicted octanol–water partition coefficient (Wildman–Crippen LogP) is 0.232. The first kappa shape index (κ1) is 15.1. The molecule has 23 heavy (non-hydrogen) atoms. The van der Waals surface area contributed by atoms with E-state index in [0.717, 1.165) is 25.2 Å². The standard InChI is InChI=1S/C15H22N4O3S/c20-15(14-9-13(16-17-14)11-1-2-11)19-6-4-18(5-7-19)12-3-8-23(21,22)10-12/h9,11-12H,1-8,10H2,(H,16,17)/t12-/m0/s1. The van der Waals surface area contributed by atoms with Crippen molar-refractivity contribution in [3.05, 3.63) is 17.5 Å². The van der Waals surface area contributed by atoms with E-state index in [1.54, 1.807) is 0 Å². The van der Waals surface area contributed by atoms with Gasteiger partial charge in [-0.05, 0) is 25.3 Å². The number of nitrogens with one attached hydrogen (secondary N) is 1. The van der Waals surface area contributed by atoms with Gasteiger partial charge >= 0.3 is 0 Å². The fourth-order valence-corrected chi connectivity index (χ4v) is 5.33. The molecule has 1 N–H and O–H groups in total. The third kappa shape index (κ3) is 3.14. The first-order chi connectivity index (χ1) is 11.0. The number of carbonyl (C=O) groups excluding carboxylic acids is 1. The number of carbonyl (C=O) groups is 1. The van der Waals surface area contributed by atoms with Crippen molar-refractivity contribution < 1.29 is 13.2 Å². The van der Waals surface area contributed by atoms with Crippen molar-refractivity contribution in [2.24, 2.45) is 0 Å². The molecule has 126 valence electrons. The summed E-state index contributed by atoms with van der Waals surface area (Å²) in [5.74, 6) is 1.11. The second-order valence-corrected chi connectivity index (χ2v) is 9.10. The maximum Gasteiger partial charge on any atom is 0.274 e. The van der Waals surface area contributed by atoms with E-state index in [9.17, 15) is 13.2 Å². The Labute approximate surface area is 135 Å². The molecule has 0 radical (unpaired) electrons. The topological polar surface area (TPSA) is 86.4 Å². The summed E-state index contributed by atoms with van der Waals surface area (Å²) in [5.41, 5.74) is 1.58. The highest BCUT2D eigenvalue weighted by Crippen LogP contribution is 2.39. The molecule has 1 aliphatic carbocycles. The van der Waals surface area contributed by atoms with E-state index in [1.807, 2.05) is 11.0 Å². The fourth-order valence-electron chi connectivity index (χ4n) is 3.57. The van der Waals surface area contributed by atoms with Gasteiger partial charge in [-0.25, -0.2) is 8.42 Å². The second kappa shape index (κ2) is 5.59. The van der Waals surface area contributed by atoms with Crippen LogP contribution in [0.25, 0.3) is 0 Å². The number of aromatic amines is 1. The number of nitrogens with zero attached hydrogens (tertiary/aromatic N) is 3. The molecule has 0 aromatic carbocycles. The van der Waals surface area contributed by atoms with Crippen LogP contribution < -0.4 is 0 Å². The van der Waals surface area contributed by atoms with Gasteiger partial charge in [0.2, 0.25) is 0 Å². The molecular weight excluding hydrogens is 316 g/mol. The highest BCUT2D eigenvalue weighted by atomic mass is 32.2. The third-order valence-electron chi connectivity index (χ3n) is 5.16. The minimum absolute atomic E-state index is 0.0214. The Kier molecular flexibility index (Phi) is 3.68. The molecule has 7 nitrogen and oxygen atoms in total. The highest BCUT2D eigenvalue weighted by molar-refractivity contribution is 7.91. The van der Waals surface area contributed by atoms with Crippen LogP contribution in [0.15, 0.2) is 6.07 Å². The Bertz CT molecular complexity index is 702. The summed E-state index contributed by atoms with van der Waals surface area (Å²) in [7, 11) is -2.85. The number of rotatable bonds is 3. The molecule has 1 atom stereocenters.